The SMILES string of the molecule is CCOC(=O)c1cnn(C)c1NC(=O)c1[nH]ncc1Br. The van der Waals surface area contributed by atoms with Gasteiger partial charge in [-0.05, 0) is 22.9 Å². The first-order valence-corrected chi connectivity index (χ1v) is 6.53. The monoisotopic (exact) mass is 341 g/mol. The molecule has 0 atom stereocenters. The Bertz CT molecular complexity index is 648. The summed E-state index contributed by atoms with van der Waals surface area (Å²) in [6, 6.07) is 0. The van der Waals surface area contributed by atoms with Gasteiger partial charge in [0.25, 0.3) is 5.91 Å². The van der Waals surface area contributed by atoms with E-state index in [1.54, 1.807) is 14.0 Å². The van der Waals surface area contributed by atoms with Crippen LogP contribution in [0.2, 0.25) is 0 Å². The van der Waals surface area contributed by atoms with Crippen LogP contribution in [-0.4, -0.2) is 38.5 Å². The average molecular weight is 342 g/mol. The summed E-state index contributed by atoms with van der Waals surface area (Å²) in [5, 5.41) is 12.8. The smallest absolute Gasteiger partial charge is 0.343 e. The van der Waals surface area contributed by atoms with Crippen LogP contribution < -0.4 is 5.32 Å². The minimum absolute atomic E-state index is 0.193. The van der Waals surface area contributed by atoms with Gasteiger partial charge in [0.2, 0.25) is 0 Å². The number of rotatable bonds is 4. The van der Waals surface area contributed by atoms with Gasteiger partial charge in [0.15, 0.2) is 0 Å². The van der Waals surface area contributed by atoms with E-state index in [1.807, 2.05) is 0 Å². The highest BCUT2D eigenvalue weighted by atomic mass is 79.9. The molecule has 0 unspecified atom stereocenters. The van der Waals surface area contributed by atoms with Gasteiger partial charge in [-0.2, -0.15) is 10.2 Å². The maximum absolute atomic E-state index is 12.1. The number of hydrogen-bond donors (Lipinski definition) is 2. The van der Waals surface area contributed by atoms with Crippen LogP contribution in [0.25, 0.3) is 0 Å². The zero-order valence-corrected chi connectivity index (χ0v) is 12.4. The topological polar surface area (TPSA) is 102 Å². The molecule has 0 bridgehead atoms. The fraction of sp³-hybridized carbons (Fsp3) is 0.273. The number of amides is 1. The summed E-state index contributed by atoms with van der Waals surface area (Å²) in [6.07, 6.45) is 2.81. The van der Waals surface area contributed by atoms with Crippen molar-refractivity contribution in [2.75, 3.05) is 11.9 Å². The second-order valence-electron chi connectivity index (χ2n) is 3.80. The molecule has 2 N–H and O–H groups in total. The van der Waals surface area contributed by atoms with Crippen molar-refractivity contribution in [1.82, 2.24) is 20.0 Å². The van der Waals surface area contributed by atoms with Gasteiger partial charge >= 0.3 is 5.97 Å². The number of carbonyl (C=O) groups is 2. The predicted molar refractivity (Wildman–Crippen MR) is 73.4 cm³/mol. The number of halogens is 1. The third-order valence-electron chi connectivity index (χ3n) is 2.49. The standard InChI is InChI=1S/C11H12BrN5O3/c1-3-20-11(19)6-4-14-17(2)9(6)15-10(18)8-7(12)5-13-16-8/h4-5H,3H2,1-2H3,(H,13,16)(H,15,18). The minimum atomic E-state index is -0.542. The Kier molecular flexibility index (Phi) is 4.18. The van der Waals surface area contributed by atoms with Gasteiger partial charge in [-0.1, -0.05) is 0 Å². The van der Waals surface area contributed by atoms with Crippen LogP contribution in [0.1, 0.15) is 27.8 Å². The molecule has 0 spiro atoms. The maximum Gasteiger partial charge on any atom is 0.343 e. The lowest BCUT2D eigenvalue weighted by molar-refractivity contribution is 0.0527. The molecule has 8 nitrogen and oxygen atoms in total. The Morgan fingerprint density at radius 1 is 1.50 bits per heavy atom. The van der Waals surface area contributed by atoms with Gasteiger partial charge in [-0.15, -0.1) is 0 Å². The second-order valence-corrected chi connectivity index (χ2v) is 4.65. The van der Waals surface area contributed by atoms with Crippen molar-refractivity contribution in [1.29, 1.82) is 0 Å². The summed E-state index contributed by atoms with van der Waals surface area (Å²) in [7, 11) is 1.61. The van der Waals surface area contributed by atoms with Gasteiger partial charge in [0.05, 0.1) is 23.5 Å². The van der Waals surface area contributed by atoms with E-state index in [1.165, 1.54) is 17.1 Å². The quantitative estimate of drug-likeness (QED) is 0.817. The number of aryl methyl sites for hydroxylation is 1. The van der Waals surface area contributed by atoms with E-state index in [0.29, 0.717) is 4.47 Å². The maximum atomic E-state index is 12.1. The van der Waals surface area contributed by atoms with Crippen LogP contribution in [0, 0.1) is 0 Å². The number of aromatic amines is 1. The van der Waals surface area contributed by atoms with Crippen molar-refractivity contribution in [3.05, 3.63) is 28.1 Å². The lowest BCUT2D eigenvalue weighted by Crippen LogP contribution is -2.18. The Hall–Kier alpha value is -2.16. The molecule has 9 heteroatoms. The summed E-state index contributed by atoms with van der Waals surface area (Å²) >= 11 is 3.19. The average Bonchev–Trinajstić information content (AvgIpc) is 2.97. The first kappa shape index (κ1) is 14.3. The van der Waals surface area contributed by atoms with Crippen molar-refractivity contribution in [3.8, 4) is 0 Å². The van der Waals surface area contributed by atoms with Gasteiger partial charge in [-0.25, -0.2) is 4.79 Å². The summed E-state index contributed by atoms with van der Waals surface area (Å²) in [5.41, 5.74) is 0.444. The third-order valence-corrected chi connectivity index (χ3v) is 3.09. The van der Waals surface area contributed by atoms with Crippen LogP contribution in [-0.2, 0) is 11.8 Å². The van der Waals surface area contributed by atoms with Crippen LogP contribution >= 0.6 is 15.9 Å². The van der Waals surface area contributed by atoms with Crippen molar-refractivity contribution < 1.29 is 14.3 Å². The molecule has 2 heterocycles. The van der Waals surface area contributed by atoms with Crippen LogP contribution in [0.5, 0.6) is 0 Å². The molecule has 0 fully saturated rings. The van der Waals surface area contributed by atoms with Crippen molar-refractivity contribution in [2.24, 2.45) is 7.05 Å². The van der Waals surface area contributed by atoms with Crippen molar-refractivity contribution in [3.63, 3.8) is 0 Å². The number of nitrogens with one attached hydrogen (secondary N) is 2. The molecule has 2 aromatic rings. The Balaban J connectivity index is 2.25. The van der Waals surface area contributed by atoms with E-state index >= 15 is 0 Å². The fourth-order valence-corrected chi connectivity index (χ4v) is 1.92. The van der Waals surface area contributed by atoms with Gasteiger partial charge in [0.1, 0.15) is 17.1 Å². The highest BCUT2D eigenvalue weighted by Crippen LogP contribution is 2.18. The number of H-pyrrole nitrogens is 1. The Labute approximate surface area is 122 Å². The lowest BCUT2D eigenvalue weighted by Gasteiger charge is -2.07. The number of carbonyl (C=O) groups excluding carboxylic acids is 2. The second kappa shape index (κ2) is 5.87. The molecule has 0 aliphatic carbocycles. The van der Waals surface area contributed by atoms with E-state index in [0.717, 1.165) is 0 Å². The molecule has 106 valence electrons. The first-order chi connectivity index (χ1) is 9.54. The van der Waals surface area contributed by atoms with Crippen LogP contribution in [0.4, 0.5) is 5.82 Å². The lowest BCUT2D eigenvalue weighted by atomic mass is 10.3. The largest absolute Gasteiger partial charge is 0.462 e. The number of nitrogens with zero attached hydrogens (tertiary/aromatic N) is 3. The molecular weight excluding hydrogens is 330 g/mol. The highest BCUT2D eigenvalue weighted by Gasteiger charge is 2.21. The van der Waals surface area contributed by atoms with E-state index in [-0.39, 0.29) is 23.7 Å². The van der Waals surface area contributed by atoms with E-state index < -0.39 is 11.9 Å². The molecule has 0 aromatic carbocycles. The number of hydrogen-bond acceptors (Lipinski definition) is 5. The van der Waals surface area contributed by atoms with Crippen molar-refractivity contribution in [2.45, 2.75) is 6.92 Å². The normalized spacial score (nSPS) is 10.3. The summed E-state index contributed by atoms with van der Waals surface area (Å²) < 4.78 is 6.81. The highest BCUT2D eigenvalue weighted by molar-refractivity contribution is 9.10. The molecule has 1 amide bonds. The van der Waals surface area contributed by atoms with Gasteiger partial charge in [-0.3, -0.25) is 14.6 Å². The number of anilines is 1. The number of esters is 1. The molecule has 20 heavy (non-hydrogen) atoms. The van der Waals surface area contributed by atoms with Gasteiger partial charge in [0, 0.05) is 7.05 Å². The Morgan fingerprint density at radius 3 is 2.85 bits per heavy atom. The molecule has 0 radical (unpaired) electrons. The summed E-state index contributed by atoms with van der Waals surface area (Å²) in [5.74, 6) is -0.724. The molecule has 2 rings (SSSR count). The van der Waals surface area contributed by atoms with E-state index in [2.05, 4.69) is 36.5 Å². The molecule has 2 aromatic heterocycles. The number of aromatic nitrogens is 4. The zero-order valence-electron chi connectivity index (χ0n) is 10.8. The molecule has 0 aliphatic rings. The summed E-state index contributed by atoms with van der Waals surface area (Å²) in [4.78, 5) is 23.8. The third kappa shape index (κ3) is 2.72. The molecule has 0 saturated heterocycles. The van der Waals surface area contributed by atoms with Gasteiger partial charge < -0.3 is 10.1 Å². The number of ether oxygens (including phenoxy) is 1. The van der Waals surface area contributed by atoms with E-state index in [9.17, 15) is 9.59 Å². The van der Waals surface area contributed by atoms with Crippen LogP contribution in [0.15, 0.2) is 16.9 Å². The fourth-order valence-electron chi connectivity index (χ4n) is 1.54. The first-order valence-electron chi connectivity index (χ1n) is 5.74. The molecular formula is C11H12BrN5O3. The van der Waals surface area contributed by atoms with Crippen molar-refractivity contribution >= 4 is 33.6 Å². The van der Waals surface area contributed by atoms with Crippen LogP contribution in [0.3, 0.4) is 0 Å². The van der Waals surface area contributed by atoms with E-state index in [4.69, 9.17) is 4.74 Å². The summed E-state index contributed by atoms with van der Waals surface area (Å²) in [6.45, 7) is 1.95. The minimum Gasteiger partial charge on any atom is -0.462 e. The molecule has 0 saturated carbocycles. The zero-order chi connectivity index (χ0) is 14.7. The molecule has 0 aliphatic heterocycles. The Morgan fingerprint density at radius 2 is 2.25 bits per heavy atom. The predicted octanol–water partition coefficient (Wildman–Crippen LogP) is 1.33.